The number of oxazole rings is 1. The van der Waals surface area contributed by atoms with E-state index in [1.807, 2.05) is 13.8 Å². The van der Waals surface area contributed by atoms with Gasteiger partial charge in [0.15, 0.2) is 11.7 Å². The monoisotopic (exact) mass is 431 g/mol. The summed E-state index contributed by atoms with van der Waals surface area (Å²) in [6.45, 7) is 3.90. The fourth-order valence-electron chi connectivity index (χ4n) is 2.97. The van der Waals surface area contributed by atoms with E-state index in [1.165, 1.54) is 18.5 Å². The Morgan fingerprint density at radius 3 is 2.71 bits per heavy atom. The van der Waals surface area contributed by atoms with E-state index in [4.69, 9.17) is 4.42 Å². The molecule has 0 fully saturated rings. The van der Waals surface area contributed by atoms with Gasteiger partial charge in [0.25, 0.3) is 0 Å². The SMILES string of the molecule is CC(C)CC(NC(=O)CCc1ncc(-c2ccc(F)cc2F)o1)C(=O)Nc1ccn[nH]1. The predicted octanol–water partition coefficient (Wildman–Crippen LogP) is 3.45. The lowest BCUT2D eigenvalue weighted by atomic mass is 10.0. The first-order valence-corrected chi connectivity index (χ1v) is 9.81. The van der Waals surface area contributed by atoms with Gasteiger partial charge in [-0.25, -0.2) is 13.8 Å². The first kappa shape index (κ1) is 22.1. The van der Waals surface area contributed by atoms with Crippen molar-refractivity contribution < 1.29 is 22.8 Å². The van der Waals surface area contributed by atoms with Gasteiger partial charge in [0.1, 0.15) is 23.5 Å². The van der Waals surface area contributed by atoms with Gasteiger partial charge in [-0.1, -0.05) is 13.8 Å². The third kappa shape index (κ3) is 6.21. The summed E-state index contributed by atoms with van der Waals surface area (Å²) in [5.41, 5.74) is 0.0806. The van der Waals surface area contributed by atoms with Crippen molar-refractivity contribution in [2.45, 2.75) is 39.2 Å². The summed E-state index contributed by atoms with van der Waals surface area (Å²) in [7, 11) is 0. The van der Waals surface area contributed by atoms with Crippen LogP contribution >= 0.6 is 0 Å². The number of hydrogen-bond donors (Lipinski definition) is 3. The number of halogens is 2. The minimum absolute atomic E-state index is 0.0256. The lowest BCUT2D eigenvalue weighted by Crippen LogP contribution is -2.44. The van der Waals surface area contributed by atoms with Gasteiger partial charge in [0.2, 0.25) is 11.8 Å². The maximum Gasteiger partial charge on any atom is 0.248 e. The zero-order valence-corrected chi connectivity index (χ0v) is 17.1. The molecule has 31 heavy (non-hydrogen) atoms. The fraction of sp³-hybridized carbons (Fsp3) is 0.333. The van der Waals surface area contributed by atoms with Crippen molar-refractivity contribution >= 4 is 17.6 Å². The van der Waals surface area contributed by atoms with Gasteiger partial charge in [-0.3, -0.25) is 14.7 Å². The van der Waals surface area contributed by atoms with E-state index < -0.39 is 17.7 Å². The van der Waals surface area contributed by atoms with Crippen LogP contribution in [0.5, 0.6) is 0 Å². The standard InChI is InChI=1S/C21H23F2N5O3/c1-12(2)9-16(21(30)27-18-7-8-25-28-18)26-19(29)5-6-20-24-11-17(31-20)14-4-3-13(22)10-15(14)23/h3-4,7-8,10-12,16H,5-6,9H2,1-2H3,(H,26,29)(H2,25,27,28,30). The van der Waals surface area contributed by atoms with Crippen LogP contribution in [0.3, 0.4) is 0 Å². The van der Waals surface area contributed by atoms with Crippen molar-refractivity contribution in [3.8, 4) is 11.3 Å². The number of amides is 2. The molecule has 0 aliphatic rings. The molecule has 10 heteroatoms. The summed E-state index contributed by atoms with van der Waals surface area (Å²) in [5, 5.41) is 11.8. The average molecular weight is 431 g/mol. The number of anilines is 1. The van der Waals surface area contributed by atoms with Crippen LogP contribution < -0.4 is 10.6 Å². The maximum atomic E-state index is 13.9. The number of H-pyrrole nitrogens is 1. The molecule has 0 radical (unpaired) electrons. The molecule has 3 rings (SSSR count). The number of aromatic nitrogens is 3. The quantitative estimate of drug-likeness (QED) is 0.480. The number of nitrogens with one attached hydrogen (secondary N) is 3. The van der Waals surface area contributed by atoms with Gasteiger partial charge < -0.3 is 15.1 Å². The molecular formula is C21H23F2N5O3. The second-order valence-corrected chi connectivity index (χ2v) is 7.45. The van der Waals surface area contributed by atoms with Crippen molar-refractivity contribution in [1.82, 2.24) is 20.5 Å². The van der Waals surface area contributed by atoms with Crippen LogP contribution in [0.2, 0.25) is 0 Å². The van der Waals surface area contributed by atoms with E-state index in [2.05, 4.69) is 25.8 Å². The number of hydrogen-bond acceptors (Lipinski definition) is 5. The highest BCUT2D eigenvalue weighted by atomic mass is 19.1. The normalized spacial score (nSPS) is 12.0. The Kier molecular flexibility index (Phi) is 7.11. The summed E-state index contributed by atoms with van der Waals surface area (Å²) in [5.74, 6) is -1.16. The van der Waals surface area contributed by atoms with Crippen molar-refractivity contribution in [2.75, 3.05) is 5.32 Å². The molecule has 3 aromatic rings. The van der Waals surface area contributed by atoms with Crippen LogP contribution in [0.15, 0.2) is 41.1 Å². The minimum Gasteiger partial charge on any atom is -0.441 e. The molecule has 8 nitrogen and oxygen atoms in total. The highest BCUT2D eigenvalue weighted by Gasteiger charge is 2.23. The molecule has 3 N–H and O–H groups in total. The molecule has 1 atom stereocenters. The second kappa shape index (κ2) is 9.96. The van der Waals surface area contributed by atoms with Crippen molar-refractivity contribution in [1.29, 1.82) is 0 Å². The van der Waals surface area contributed by atoms with Crippen molar-refractivity contribution in [3.63, 3.8) is 0 Å². The first-order chi connectivity index (χ1) is 14.8. The molecule has 2 heterocycles. The number of aryl methyl sites for hydroxylation is 1. The van der Waals surface area contributed by atoms with Crippen molar-refractivity contribution in [3.05, 3.63) is 54.2 Å². The van der Waals surface area contributed by atoms with Crippen molar-refractivity contribution in [2.24, 2.45) is 5.92 Å². The third-order valence-corrected chi connectivity index (χ3v) is 4.43. The van der Waals surface area contributed by atoms with E-state index in [0.29, 0.717) is 12.2 Å². The van der Waals surface area contributed by atoms with Gasteiger partial charge >= 0.3 is 0 Å². The Bertz CT molecular complexity index is 1030. The second-order valence-electron chi connectivity index (χ2n) is 7.45. The number of rotatable bonds is 9. The van der Waals surface area contributed by atoms with Crippen LogP contribution in [0.4, 0.5) is 14.6 Å². The molecule has 164 valence electrons. The average Bonchev–Trinajstić information content (AvgIpc) is 3.37. The van der Waals surface area contributed by atoms with Crippen LogP contribution in [-0.4, -0.2) is 33.0 Å². The molecule has 1 aromatic carbocycles. The van der Waals surface area contributed by atoms with Gasteiger partial charge in [0.05, 0.1) is 18.0 Å². The minimum atomic E-state index is -0.764. The first-order valence-electron chi connectivity index (χ1n) is 9.81. The summed E-state index contributed by atoms with van der Waals surface area (Å²) >= 11 is 0. The number of benzene rings is 1. The van der Waals surface area contributed by atoms with Gasteiger partial charge in [0, 0.05) is 25.0 Å². The maximum absolute atomic E-state index is 13.9. The molecule has 0 saturated carbocycles. The molecule has 0 aliphatic carbocycles. The van der Waals surface area contributed by atoms with Gasteiger partial charge in [-0.05, 0) is 24.5 Å². The number of carbonyl (C=O) groups is 2. The van der Waals surface area contributed by atoms with E-state index in [1.54, 1.807) is 6.07 Å². The molecule has 1 unspecified atom stereocenters. The van der Waals surface area contributed by atoms with Gasteiger partial charge in [-0.2, -0.15) is 5.10 Å². The van der Waals surface area contributed by atoms with E-state index in [-0.39, 0.29) is 47.8 Å². The molecule has 0 aliphatic heterocycles. The highest BCUT2D eigenvalue weighted by Crippen LogP contribution is 2.24. The molecule has 2 aromatic heterocycles. The third-order valence-electron chi connectivity index (χ3n) is 4.43. The summed E-state index contributed by atoms with van der Waals surface area (Å²) in [6, 6.07) is 4.03. The Balaban J connectivity index is 1.57. The Hall–Kier alpha value is -3.56. The van der Waals surface area contributed by atoms with Crippen LogP contribution in [0.1, 0.15) is 32.6 Å². The topological polar surface area (TPSA) is 113 Å². The molecule has 2 amide bonds. The molecule has 0 spiro atoms. The van der Waals surface area contributed by atoms with E-state index in [9.17, 15) is 18.4 Å². The van der Waals surface area contributed by atoms with E-state index >= 15 is 0 Å². The largest absolute Gasteiger partial charge is 0.441 e. The zero-order chi connectivity index (χ0) is 22.4. The lowest BCUT2D eigenvalue weighted by molar-refractivity contribution is -0.126. The molecule has 0 bridgehead atoms. The highest BCUT2D eigenvalue weighted by molar-refractivity contribution is 5.96. The smallest absolute Gasteiger partial charge is 0.248 e. The fourth-order valence-corrected chi connectivity index (χ4v) is 2.97. The summed E-state index contributed by atoms with van der Waals surface area (Å²) < 4.78 is 32.4. The van der Waals surface area contributed by atoms with Crippen LogP contribution in [-0.2, 0) is 16.0 Å². The predicted molar refractivity (Wildman–Crippen MR) is 109 cm³/mol. The lowest BCUT2D eigenvalue weighted by Gasteiger charge is -2.19. The molecule has 0 saturated heterocycles. The zero-order valence-electron chi connectivity index (χ0n) is 17.1. The van der Waals surface area contributed by atoms with Crippen LogP contribution in [0, 0.1) is 17.6 Å². The summed E-state index contributed by atoms with van der Waals surface area (Å²) in [6.07, 6.45) is 3.47. The number of nitrogens with zero attached hydrogens (tertiary/aromatic N) is 2. The van der Waals surface area contributed by atoms with E-state index in [0.717, 1.165) is 12.1 Å². The van der Waals surface area contributed by atoms with Gasteiger partial charge in [-0.15, -0.1) is 0 Å². The summed E-state index contributed by atoms with van der Waals surface area (Å²) in [4.78, 5) is 28.9. The molecular weight excluding hydrogens is 408 g/mol. The number of aromatic amines is 1. The van der Waals surface area contributed by atoms with Crippen LogP contribution in [0.25, 0.3) is 11.3 Å². The Morgan fingerprint density at radius 2 is 2.03 bits per heavy atom. The Labute approximate surface area is 177 Å². The number of carbonyl (C=O) groups excluding carboxylic acids is 2. The Morgan fingerprint density at radius 1 is 1.23 bits per heavy atom.